The summed E-state index contributed by atoms with van der Waals surface area (Å²) in [5, 5.41) is 27.4. The second kappa shape index (κ2) is 22.0. The number of carboxylic acids is 1. The van der Waals surface area contributed by atoms with E-state index in [1.54, 1.807) is 0 Å². The van der Waals surface area contributed by atoms with Crippen LogP contribution in [0.3, 0.4) is 0 Å². The second-order valence-corrected chi connectivity index (χ2v) is 7.81. The number of carbonyl (C=O) groups is 1. The van der Waals surface area contributed by atoms with Gasteiger partial charge in [0.05, 0.1) is 46.2 Å². The van der Waals surface area contributed by atoms with Gasteiger partial charge < -0.3 is 29.5 Å². The molecule has 0 saturated carbocycles. The van der Waals surface area contributed by atoms with Gasteiger partial charge in [-0.25, -0.2) is 4.79 Å². The highest BCUT2D eigenvalue weighted by Crippen LogP contribution is 2.28. The fourth-order valence-corrected chi connectivity index (χ4v) is 3.17. The summed E-state index contributed by atoms with van der Waals surface area (Å²) in [6.45, 7) is 7.67. The molecule has 1 atom stereocenters. The number of aliphatic carboxylic acids is 1. The molecule has 0 fully saturated rings. The molecule has 0 saturated heterocycles. The molecule has 1 aromatic rings. The van der Waals surface area contributed by atoms with Crippen LogP contribution in [-0.4, -0.2) is 67.5 Å². The molecule has 1 aromatic carbocycles. The number of unbranched alkanes of at least 4 members (excludes halogenated alkanes) is 6. The zero-order chi connectivity index (χ0) is 24.6. The summed E-state index contributed by atoms with van der Waals surface area (Å²) in [4.78, 5) is 9.25. The van der Waals surface area contributed by atoms with Crippen molar-refractivity contribution in [3.8, 4) is 0 Å². The maximum absolute atomic E-state index is 11.2. The van der Waals surface area contributed by atoms with Gasteiger partial charge in [-0.1, -0.05) is 88.8 Å². The van der Waals surface area contributed by atoms with E-state index < -0.39 is 11.6 Å². The Balaban J connectivity index is 0.00000184. The van der Waals surface area contributed by atoms with E-state index in [1.807, 2.05) is 30.3 Å². The Morgan fingerprint density at radius 3 is 1.97 bits per heavy atom. The first-order valence-electron chi connectivity index (χ1n) is 12.0. The first-order valence-corrected chi connectivity index (χ1v) is 12.0. The third-order valence-corrected chi connectivity index (χ3v) is 5.00. The Kier molecular flexibility index (Phi) is 20.9. The van der Waals surface area contributed by atoms with E-state index in [0.717, 1.165) is 24.5 Å². The molecule has 0 aliphatic carbocycles. The normalized spacial score (nSPS) is 12.5. The maximum atomic E-state index is 11.2. The van der Waals surface area contributed by atoms with E-state index in [4.69, 9.17) is 24.4 Å². The van der Waals surface area contributed by atoms with Gasteiger partial charge in [0.15, 0.2) is 0 Å². The molecule has 1 rings (SSSR count). The van der Waals surface area contributed by atoms with Gasteiger partial charge in [-0.15, -0.1) is 0 Å². The van der Waals surface area contributed by atoms with E-state index in [9.17, 15) is 9.90 Å². The quantitative estimate of drug-likeness (QED) is 0.193. The molecular formula is C26H44O7. The molecule has 33 heavy (non-hydrogen) atoms. The Morgan fingerprint density at radius 1 is 0.909 bits per heavy atom. The van der Waals surface area contributed by atoms with Crippen LogP contribution < -0.4 is 0 Å². The average molecular weight is 469 g/mol. The summed E-state index contributed by atoms with van der Waals surface area (Å²) in [7, 11) is 0. The molecule has 0 heterocycles. The zero-order valence-electron chi connectivity index (χ0n) is 20.3. The van der Waals surface area contributed by atoms with Crippen LogP contribution >= 0.6 is 0 Å². The Morgan fingerprint density at radius 2 is 1.42 bits per heavy atom. The summed E-state index contributed by atoms with van der Waals surface area (Å²) >= 11 is 0. The zero-order valence-corrected chi connectivity index (χ0v) is 20.3. The fourth-order valence-electron chi connectivity index (χ4n) is 3.17. The van der Waals surface area contributed by atoms with Crippen molar-refractivity contribution in [2.75, 3.05) is 46.2 Å². The summed E-state index contributed by atoms with van der Waals surface area (Å²) in [6.07, 6.45) is 10.1. The highest BCUT2D eigenvalue weighted by Gasteiger charge is 2.28. The molecule has 0 aromatic heterocycles. The van der Waals surface area contributed by atoms with Crippen molar-refractivity contribution in [3.63, 3.8) is 0 Å². The lowest BCUT2D eigenvalue weighted by Crippen LogP contribution is -2.32. The van der Waals surface area contributed by atoms with Crippen LogP contribution in [0.15, 0.2) is 43.0 Å². The molecule has 1 unspecified atom stereocenters. The molecule has 0 aliphatic rings. The minimum atomic E-state index is -0.981. The topological polar surface area (TPSA) is 105 Å². The van der Waals surface area contributed by atoms with Gasteiger partial charge in [0.2, 0.25) is 0 Å². The second-order valence-electron chi connectivity index (χ2n) is 7.81. The molecule has 7 heteroatoms. The predicted molar refractivity (Wildman–Crippen MR) is 130 cm³/mol. The molecule has 0 radical (unpaired) electrons. The van der Waals surface area contributed by atoms with Crippen molar-refractivity contribution >= 4 is 5.97 Å². The Hall–Kier alpha value is -1.77. The number of benzene rings is 1. The Labute approximate surface area is 199 Å². The van der Waals surface area contributed by atoms with Crippen LogP contribution in [0.2, 0.25) is 0 Å². The smallest absolute Gasteiger partial charge is 0.327 e. The minimum Gasteiger partial charge on any atom is -0.478 e. The first-order chi connectivity index (χ1) is 16.0. The van der Waals surface area contributed by atoms with Gasteiger partial charge >= 0.3 is 5.97 Å². The van der Waals surface area contributed by atoms with E-state index >= 15 is 0 Å². The summed E-state index contributed by atoms with van der Waals surface area (Å²) in [5.41, 5.74) is -0.0335. The molecular weight excluding hydrogens is 424 g/mol. The minimum absolute atomic E-state index is 0.0277. The molecule has 0 spiro atoms. The number of hydrogen-bond acceptors (Lipinski definition) is 6. The number of hydrogen-bond donors (Lipinski definition) is 3. The standard InChI is InChI=1S/C23H40O5.C3H4O2/c1-2-3-4-5-6-7-11-14-23(25,22-12-9-8-10-13-22)21-28-20-19-27-18-17-26-16-15-24;1-2-3(4)5/h8-10,12-13,24-25H,2-7,11,14-21H2,1H3;2H,1H2,(H,4,5). The summed E-state index contributed by atoms with van der Waals surface area (Å²) in [5.74, 6) is -0.981. The van der Waals surface area contributed by atoms with Gasteiger partial charge in [-0.2, -0.15) is 0 Å². The van der Waals surface area contributed by atoms with E-state index in [2.05, 4.69) is 13.5 Å². The van der Waals surface area contributed by atoms with Crippen molar-refractivity contribution in [2.45, 2.75) is 63.9 Å². The van der Waals surface area contributed by atoms with E-state index in [-0.39, 0.29) is 13.2 Å². The van der Waals surface area contributed by atoms with Crippen LogP contribution in [0.25, 0.3) is 0 Å². The number of ether oxygens (including phenoxy) is 3. The lowest BCUT2D eigenvalue weighted by molar-refractivity contribution is -0.131. The van der Waals surface area contributed by atoms with Crippen LogP contribution in [-0.2, 0) is 24.6 Å². The monoisotopic (exact) mass is 468 g/mol. The SMILES string of the molecule is C=CC(=O)O.CCCCCCCCCC(O)(COCCOCCOCCO)c1ccccc1. The van der Waals surface area contributed by atoms with Crippen molar-refractivity contribution in [1.82, 2.24) is 0 Å². The van der Waals surface area contributed by atoms with E-state index in [0.29, 0.717) is 39.5 Å². The highest BCUT2D eigenvalue weighted by molar-refractivity contribution is 5.78. The van der Waals surface area contributed by atoms with Crippen molar-refractivity contribution in [3.05, 3.63) is 48.6 Å². The number of aliphatic hydroxyl groups is 2. The molecule has 0 amide bonds. The largest absolute Gasteiger partial charge is 0.478 e. The van der Waals surface area contributed by atoms with Crippen molar-refractivity contribution in [1.29, 1.82) is 0 Å². The Bertz CT molecular complexity index is 579. The lowest BCUT2D eigenvalue weighted by atomic mass is 9.89. The summed E-state index contributed by atoms with van der Waals surface area (Å²) in [6, 6.07) is 9.82. The molecule has 190 valence electrons. The van der Waals surface area contributed by atoms with Gasteiger partial charge in [-0.3, -0.25) is 0 Å². The third-order valence-electron chi connectivity index (χ3n) is 5.00. The first kappa shape index (κ1) is 31.2. The maximum Gasteiger partial charge on any atom is 0.327 e. The summed E-state index contributed by atoms with van der Waals surface area (Å²) < 4.78 is 16.3. The lowest BCUT2D eigenvalue weighted by Gasteiger charge is -2.29. The van der Waals surface area contributed by atoms with Gasteiger partial charge in [0.1, 0.15) is 5.60 Å². The fraction of sp³-hybridized carbons (Fsp3) is 0.654. The molecule has 0 bridgehead atoms. The third kappa shape index (κ3) is 18.4. The number of rotatable bonds is 20. The number of aliphatic hydroxyl groups excluding tert-OH is 1. The van der Waals surface area contributed by atoms with Gasteiger partial charge in [0.25, 0.3) is 0 Å². The molecule has 3 N–H and O–H groups in total. The molecule has 0 aliphatic heterocycles. The van der Waals surface area contributed by atoms with Gasteiger partial charge in [-0.05, 0) is 12.0 Å². The van der Waals surface area contributed by atoms with Crippen LogP contribution in [0.5, 0.6) is 0 Å². The van der Waals surface area contributed by atoms with Crippen LogP contribution in [0.4, 0.5) is 0 Å². The highest BCUT2D eigenvalue weighted by atomic mass is 16.5. The van der Waals surface area contributed by atoms with Crippen LogP contribution in [0, 0.1) is 0 Å². The van der Waals surface area contributed by atoms with Crippen molar-refractivity contribution in [2.24, 2.45) is 0 Å². The van der Waals surface area contributed by atoms with Crippen LogP contribution in [0.1, 0.15) is 63.9 Å². The van der Waals surface area contributed by atoms with Crippen molar-refractivity contribution < 1.29 is 34.3 Å². The molecule has 7 nitrogen and oxygen atoms in total. The van der Waals surface area contributed by atoms with E-state index in [1.165, 1.54) is 32.1 Å². The number of carboxylic acid groups (broad SMARTS) is 1. The average Bonchev–Trinajstić information content (AvgIpc) is 2.83. The van der Waals surface area contributed by atoms with Gasteiger partial charge in [0, 0.05) is 6.08 Å². The predicted octanol–water partition coefficient (Wildman–Crippen LogP) is 4.31.